The van der Waals surface area contributed by atoms with E-state index in [1.54, 1.807) is 0 Å². The third kappa shape index (κ3) is 0.815. The highest BCUT2D eigenvalue weighted by molar-refractivity contribution is 5.35. The fraction of sp³-hybridized carbons (Fsp3) is 0.500. The molecule has 0 fully saturated rings. The van der Waals surface area contributed by atoms with Crippen molar-refractivity contribution in [2.45, 2.75) is 32.4 Å². The molecule has 0 amide bonds. The third-order valence-corrected chi connectivity index (χ3v) is 2.83. The molecule has 1 aromatic heterocycles. The van der Waals surface area contributed by atoms with Crippen molar-refractivity contribution in [2.75, 3.05) is 0 Å². The number of aryl methyl sites for hydroxylation is 2. The Bertz CT molecular complexity index is 271. The lowest BCUT2D eigenvalue weighted by Gasteiger charge is -2.01. The molecule has 1 aromatic rings. The van der Waals surface area contributed by atoms with E-state index < -0.39 is 0 Å². The van der Waals surface area contributed by atoms with Crippen LogP contribution in [0, 0.1) is 0 Å². The summed E-state index contributed by atoms with van der Waals surface area (Å²) in [6.45, 7) is 2.00. The molecule has 0 spiro atoms. The standard InChI is InChI=1S/C10H12N2/c1-2-7-4-8-5-11-6-10(8)12-9(7)3-1/h4,11H,1-3,5-6H2. The molecular formula is C10H12N2. The van der Waals surface area contributed by atoms with E-state index in [1.807, 2.05) is 0 Å². The fourth-order valence-corrected chi connectivity index (χ4v) is 2.18. The molecule has 62 valence electrons. The van der Waals surface area contributed by atoms with Crippen LogP contribution in [0.1, 0.15) is 28.9 Å². The van der Waals surface area contributed by atoms with E-state index in [0.717, 1.165) is 13.1 Å². The van der Waals surface area contributed by atoms with Crippen molar-refractivity contribution >= 4 is 0 Å². The van der Waals surface area contributed by atoms with Gasteiger partial charge in [0.2, 0.25) is 0 Å². The Kier molecular flexibility index (Phi) is 1.27. The van der Waals surface area contributed by atoms with Crippen molar-refractivity contribution in [3.05, 3.63) is 28.6 Å². The van der Waals surface area contributed by atoms with E-state index in [1.165, 1.54) is 41.8 Å². The molecule has 0 aromatic carbocycles. The normalized spacial score (nSPS) is 19.3. The first kappa shape index (κ1) is 6.61. The predicted octanol–water partition coefficient (Wildman–Crippen LogP) is 1.17. The average molecular weight is 160 g/mol. The SMILES string of the molecule is c1c2c(nc3c1CNC3)CCC2. The molecule has 1 aliphatic carbocycles. The molecule has 0 saturated heterocycles. The lowest BCUT2D eigenvalue weighted by molar-refractivity contribution is 0.755. The first-order valence-corrected chi connectivity index (χ1v) is 4.65. The van der Waals surface area contributed by atoms with Crippen LogP contribution in [-0.2, 0) is 25.9 Å². The zero-order valence-electron chi connectivity index (χ0n) is 7.06. The lowest BCUT2D eigenvalue weighted by atomic mass is 10.1. The third-order valence-electron chi connectivity index (χ3n) is 2.83. The molecule has 1 aliphatic heterocycles. The largest absolute Gasteiger partial charge is 0.307 e. The van der Waals surface area contributed by atoms with Gasteiger partial charge in [-0.05, 0) is 30.4 Å². The Hall–Kier alpha value is -0.890. The predicted molar refractivity (Wildman–Crippen MR) is 46.8 cm³/mol. The highest BCUT2D eigenvalue weighted by Crippen LogP contribution is 2.24. The lowest BCUT2D eigenvalue weighted by Crippen LogP contribution is -2.00. The van der Waals surface area contributed by atoms with Gasteiger partial charge in [-0.3, -0.25) is 4.98 Å². The Morgan fingerprint density at radius 1 is 1.08 bits per heavy atom. The van der Waals surface area contributed by atoms with Gasteiger partial charge in [0.25, 0.3) is 0 Å². The van der Waals surface area contributed by atoms with Crippen LogP contribution in [0.25, 0.3) is 0 Å². The van der Waals surface area contributed by atoms with Crippen LogP contribution in [-0.4, -0.2) is 4.98 Å². The first-order chi connectivity index (χ1) is 5.93. The number of nitrogens with zero attached hydrogens (tertiary/aromatic N) is 1. The highest BCUT2D eigenvalue weighted by Gasteiger charge is 2.18. The molecule has 2 heteroatoms. The zero-order valence-corrected chi connectivity index (χ0v) is 7.06. The van der Waals surface area contributed by atoms with E-state index in [0.29, 0.717) is 0 Å². The summed E-state index contributed by atoms with van der Waals surface area (Å²) in [5.74, 6) is 0. The maximum absolute atomic E-state index is 4.67. The minimum atomic E-state index is 0.975. The van der Waals surface area contributed by atoms with Gasteiger partial charge >= 0.3 is 0 Å². The second-order valence-corrected chi connectivity index (χ2v) is 3.66. The van der Waals surface area contributed by atoms with E-state index in [-0.39, 0.29) is 0 Å². The quantitative estimate of drug-likeness (QED) is 0.616. The average Bonchev–Trinajstić information content (AvgIpc) is 2.64. The van der Waals surface area contributed by atoms with Crippen LogP contribution in [0.5, 0.6) is 0 Å². The van der Waals surface area contributed by atoms with Crippen LogP contribution in [0.15, 0.2) is 6.07 Å². The summed E-state index contributed by atoms with van der Waals surface area (Å²) in [5, 5.41) is 3.33. The molecule has 2 nitrogen and oxygen atoms in total. The van der Waals surface area contributed by atoms with Crippen molar-refractivity contribution in [2.24, 2.45) is 0 Å². The minimum absolute atomic E-state index is 0.975. The van der Waals surface area contributed by atoms with Crippen LogP contribution in [0.3, 0.4) is 0 Å². The minimum Gasteiger partial charge on any atom is -0.307 e. The van der Waals surface area contributed by atoms with Crippen LogP contribution in [0.2, 0.25) is 0 Å². The van der Waals surface area contributed by atoms with Crippen molar-refractivity contribution in [1.29, 1.82) is 0 Å². The van der Waals surface area contributed by atoms with Gasteiger partial charge in [-0.15, -0.1) is 0 Å². The van der Waals surface area contributed by atoms with Gasteiger partial charge in [-0.2, -0.15) is 0 Å². The molecule has 0 unspecified atom stereocenters. The molecule has 0 saturated carbocycles. The maximum Gasteiger partial charge on any atom is 0.0590 e. The van der Waals surface area contributed by atoms with E-state index >= 15 is 0 Å². The van der Waals surface area contributed by atoms with E-state index in [9.17, 15) is 0 Å². The molecule has 0 atom stereocenters. The topological polar surface area (TPSA) is 24.9 Å². The number of fused-ring (bicyclic) bond motifs is 2. The van der Waals surface area contributed by atoms with E-state index in [2.05, 4.69) is 16.4 Å². The van der Waals surface area contributed by atoms with Crippen molar-refractivity contribution in [3.8, 4) is 0 Å². The van der Waals surface area contributed by atoms with Crippen molar-refractivity contribution in [3.63, 3.8) is 0 Å². The van der Waals surface area contributed by atoms with Crippen LogP contribution >= 0.6 is 0 Å². The molecule has 12 heavy (non-hydrogen) atoms. The van der Waals surface area contributed by atoms with Gasteiger partial charge in [-0.1, -0.05) is 6.07 Å². The first-order valence-electron chi connectivity index (χ1n) is 4.65. The number of pyridine rings is 1. The zero-order chi connectivity index (χ0) is 7.97. The highest BCUT2D eigenvalue weighted by atomic mass is 14.9. The molecule has 2 aliphatic rings. The second-order valence-electron chi connectivity index (χ2n) is 3.66. The molecule has 0 bridgehead atoms. The Balaban J connectivity index is 2.18. The van der Waals surface area contributed by atoms with Crippen LogP contribution in [0.4, 0.5) is 0 Å². The van der Waals surface area contributed by atoms with Crippen LogP contribution < -0.4 is 5.32 Å². The summed E-state index contributed by atoms with van der Waals surface area (Å²) >= 11 is 0. The van der Waals surface area contributed by atoms with E-state index in [4.69, 9.17) is 0 Å². The summed E-state index contributed by atoms with van der Waals surface area (Å²) in [5.41, 5.74) is 5.57. The Labute approximate surface area is 72.0 Å². The number of nitrogens with one attached hydrogen (secondary N) is 1. The van der Waals surface area contributed by atoms with Gasteiger partial charge in [-0.25, -0.2) is 0 Å². The summed E-state index contributed by atoms with van der Waals surface area (Å²) in [4.78, 5) is 4.67. The number of aromatic nitrogens is 1. The van der Waals surface area contributed by atoms with Gasteiger partial charge in [0.05, 0.1) is 5.69 Å². The second kappa shape index (κ2) is 2.30. The molecular weight excluding hydrogens is 148 g/mol. The monoisotopic (exact) mass is 160 g/mol. The summed E-state index contributed by atoms with van der Waals surface area (Å²) < 4.78 is 0. The molecule has 3 rings (SSSR count). The number of rotatable bonds is 0. The number of hydrogen-bond donors (Lipinski definition) is 1. The fourth-order valence-electron chi connectivity index (χ4n) is 2.18. The van der Waals surface area contributed by atoms with Gasteiger partial charge in [0.1, 0.15) is 0 Å². The van der Waals surface area contributed by atoms with Gasteiger partial charge in [0.15, 0.2) is 0 Å². The smallest absolute Gasteiger partial charge is 0.0590 e. The van der Waals surface area contributed by atoms with Gasteiger partial charge in [0, 0.05) is 18.8 Å². The number of hydrogen-bond acceptors (Lipinski definition) is 2. The summed E-state index contributed by atoms with van der Waals surface area (Å²) in [7, 11) is 0. The Morgan fingerprint density at radius 3 is 3.08 bits per heavy atom. The Morgan fingerprint density at radius 2 is 2.08 bits per heavy atom. The molecule has 2 heterocycles. The summed E-state index contributed by atoms with van der Waals surface area (Å²) in [6, 6.07) is 2.35. The molecule has 1 N–H and O–H groups in total. The van der Waals surface area contributed by atoms with Crippen molar-refractivity contribution < 1.29 is 0 Å². The molecule has 0 radical (unpaired) electrons. The maximum atomic E-state index is 4.67. The summed E-state index contributed by atoms with van der Waals surface area (Å²) in [6.07, 6.45) is 3.75. The van der Waals surface area contributed by atoms with Gasteiger partial charge < -0.3 is 5.32 Å². The van der Waals surface area contributed by atoms with Crippen molar-refractivity contribution in [1.82, 2.24) is 10.3 Å².